The molecule has 0 aliphatic carbocycles. The maximum Gasteiger partial charge on any atom is 0.242 e. The van der Waals surface area contributed by atoms with Gasteiger partial charge in [0.1, 0.15) is 4.90 Å². The molecule has 1 aromatic carbocycles. The zero-order chi connectivity index (χ0) is 13.1. The number of sulfonamides is 1. The largest absolute Gasteiger partial charge is 0.328 e. The van der Waals surface area contributed by atoms with Crippen LogP contribution in [0, 0.1) is 0 Å². The monoisotopic (exact) mass is 332 g/mol. The summed E-state index contributed by atoms with van der Waals surface area (Å²) in [7, 11) is -3.60. The van der Waals surface area contributed by atoms with Crippen LogP contribution < -0.4 is 10.5 Å². The molecule has 0 heterocycles. The van der Waals surface area contributed by atoms with E-state index in [1.807, 2.05) is 6.92 Å². The minimum absolute atomic E-state index is 0. The van der Waals surface area contributed by atoms with Crippen molar-refractivity contribution in [2.75, 3.05) is 6.54 Å². The zero-order valence-corrected chi connectivity index (χ0v) is 12.8. The quantitative estimate of drug-likeness (QED) is 0.869. The highest BCUT2D eigenvalue weighted by Gasteiger charge is 2.17. The van der Waals surface area contributed by atoms with Crippen molar-refractivity contribution in [3.63, 3.8) is 0 Å². The predicted octanol–water partition coefficient (Wildman–Crippen LogP) is 2.43. The first-order valence-corrected chi connectivity index (χ1v) is 7.27. The summed E-state index contributed by atoms with van der Waals surface area (Å²) in [6.45, 7) is 2.09. The number of hydrogen-bond donors (Lipinski definition) is 2. The van der Waals surface area contributed by atoms with Gasteiger partial charge in [-0.15, -0.1) is 12.4 Å². The summed E-state index contributed by atoms with van der Waals surface area (Å²) in [4.78, 5) is 0.0215. The Labute approximate surface area is 123 Å². The van der Waals surface area contributed by atoms with Crippen LogP contribution in [0.3, 0.4) is 0 Å². The Hall–Kier alpha value is -0.0400. The van der Waals surface area contributed by atoms with Gasteiger partial charge in [-0.25, -0.2) is 13.1 Å². The van der Waals surface area contributed by atoms with Gasteiger partial charge < -0.3 is 5.73 Å². The first-order chi connectivity index (χ1) is 7.83. The molecule has 0 aliphatic heterocycles. The van der Waals surface area contributed by atoms with Crippen molar-refractivity contribution in [2.24, 2.45) is 5.73 Å². The Morgan fingerprint density at radius 1 is 1.39 bits per heavy atom. The van der Waals surface area contributed by atoms with Gasteiger partial charge in [0.15, 0.2) is 0 Å². The van der Waals surface area contributed by atoms with E-state index in [1.54, 1.807) is 0 Å². The van der Waals surface area contributed by atoms with E-state index in [2.05, 4.69) is 4.72 Å². The fourth-order valence-electron chi connectivity index (χ4n) is 1.19. The number of benzene rings is 1. The Balaban J connectivity index is 0.00000289. The minimum atomic E-state index is -3.60. The average molecular weight is 334 g/mol. The third kappa shape index (κ3) is 5.30. The molecular weight excluding hydrogens is 319 g/mol. The van der Waals surface area contributed by atoms with E-state index in [-0.39, 0.29) is 34.9 Å². The van der Waals surface area contributed by atoms with Gasteiger partial charge in [0.25, 0.3) is 0 Å². The highest BCUT2D eigenvalue weighted by atomic mass is 35.5. The molecule has 1 rings (SSSR count). The van der Waals surface area contributed by atoms with Gasteiger partial charge in [-0.1, -0.05) is 23.2 Å². The van der Waals surface area contributed by atoms with Crippen LogP contribution in [0.5, 0.6) is 0 Å². The standard InChI is InChI=1S/C10H14Cl2N2O2S.ClH/c1-7(13)4-5-14-17(15,16)10-3-2-8(11)6-9(10)12;/h2-3,6-7,14H,4-5,13H2,1H3;1H. The molecule has 0 bridgehead atoms. The molecule has 0 spiro atoms. The second kappa shape index (κ2) is 7.53. The van der Waals surface area contributed by atoms with Crippen LogP contribution in [-0.2, 0) is 10.0 Å². The second-order valence-electron chi connectivity index (χ2n) is 3.74. The molecule has 1 aromatic rings. The number of hydrogen-bond acceptors (Lipinski definition) is 3. The maximum atomic E-state index is 11.9. The predicted molar refractivity (Wildman–Crippen MR) is 77.2 cm³/mol. The summed E-state index contributed by atoms with van der Waals surface area (Å²) in [5, 5.41) is 0.496. The van der Waals surface area contributed by atoms with Gasteiger partial charge in [0, 0.05) is 17.6 Å². The molecule has 0 fully saturated rings. The average Bonchev–Trinajstić information content (AvgIpc) is 2.15. The van der Waals surface area contributed by atoms with Crippen molar-refractivity contribution in [1.82, 2.24) is 4.72 Å². The summed E-state index contributed by atoms with van der Waals surface area (Å²) in [5.41, 5.74) is 5.53. The highest BCUT2D eigenvalue weighted by molar-refractivity contribution is 7.89. The molecule has 0 aliphatic rings. The highest BCUT2D eigenvalue weighted by Crippen LogP contribution is 2.24. The second-order valence-corrected chi connectivity index (χ2v) is 6.32. The Kier molecular flexibility index (Phi) is 7.51. The van der Waals surface area contributed by atoms with Crippen LogP contribution in [0.4, 0.5) is 0 Å². The summed E-state index contributed by atoms with van der Waals surface area (Å²) in [6, 6.07) is 4.19. The van der Waals surface area contributed by atoms with Gasteiger partial charge in [-0.3, -0.25) is 0 Å². The molecule has 18 heavy (non-hydrogen) atoms. The SMILES string of the molecule is CC(N)CCNS(=O)(=O)c1ccc(Cl)cc1Cl.Cl. The van der Waals surface area contributed by atoms with E-state index in [4.69, 9.17) is 28.9 Å². The van der Waals surface area contributed by atoms with Crippen molar-refractivity contribution in [1.29, 1.82) is 0 Å². The van der Waals surface area contributed by atoms with Gasteiger partial charge in [0.05, 0.1) is 5.02 Å². The number of rotatable bonds is 5. The van der Waals surface area contributed by atoms with Gasteiger partial charge in [0.2, 0.25) is 10.0 Å². The van der Waals surface area contributed by atoms with E-state index >= 15 is 0 Å². The molecule has 0 saturated heterocycles. The molecule has 8 heteroatoms. The van der Waals surface area contributed by atoms with E-state index in [9.17, 15) is 8.42 Å². The molecular formula is C10H15Cl3N2O2S. The molecule has 3 N–H and O–H groups in total. The molecule has 1 unspecified atom stereocenters. The molecule has 0 radical (unpaired) electrons. The van der Waals surface area contributed by atoms with E-state index in [0.29, 0.717) is 11.4 Å². The summed E-state index contributed by atoms with van der Waals surface area (Å²) in [5.74, 6) is 0. The molecule has 0 saturated carbocycles. The zero-order valence-electron chi connectivity index (χ0n) is 9.69. The fourth-order valence-corrected chi connectivity index (χ4v) is 3.01. The third-order valence-corrected chi connectivity index (χ3v) is 4.25. The van der Waals surface area contributed by atoms with Crippen molar-refractivity contribution in [3.05, 3.63) is 28.2 Å². The van der Waals surface area contributed by atoms with Crippen LogP contribution in [0.1, 0.15) is 13.3 Å². The lowest BCUT2D eigenvalue weighted by Gasteiger charge is -2.09. The van der Waals surface area contributed by atoms with Crippen molar-refractivity contribution in [3.8, 4) is 0 Å². The molecule has 0 aromatic heterocycles. The molecule has 4 nitrogen and oxygen atoms in total. The normalized spacial score (nSPS) is 12.9. The Morgan fingerprint density at radius 2 is 2.00 bits per heavy atom. The molecule has 104 valence electrons. The van der Waals surface area contributed by atoms with E-state index in [0.717, 1.165) is 0 Å². The topological polar surface area (TPSA) is 72.2 Å². The van der Waals surface area contributed by atoms with Crippen molar-refractivity contribution < 1.29 is 8.42 Å². The van der Waals surface area contributed by atoms with Gasteiger partial charge >= 0.3 is 0 Å². The fraction of sp³-hybridized carbons (Fsp3) is 0.400. The minimum Gasteiger partial charge on any atom is -0.328 e. The third-order valence-electron chi connectivity index (χ3n) is 2.08. The lowest BCUT2D eigenvalue weighted by molar-refractivity contribution is 0.572. The number of nitrogens with one attached hydrogen (secondary N) is 1. The molecule has 0 amide bonds. The van der Waals surface area contributed by atoms with Crippen molar-refractivity contribution in [2.45, 2.75) is 24.3 Å². The van der Waals surface area contributed by atoms with Crippen LogP contribution in [0.15, 0.2) is 23.1 Å². The molecule has 1 atom stereocenters. The maximum absolute atomic E-state index is 11.9. The van der Waals surface area contributed by atoms with E-state index < -0.39 is 10.0 Å². The summed E-state index contributed by atoms with van der Waals surface area (Å²) < 4.78 is 26.2. The van der Waals surface area contributed by atoms with Crippen LogP contribution in [0.2, 0.25) is 10.0 Å². The van der Waals surface area contributed by atoms with Gasteiger partial charge in [-0.05, 0) is 31.5 Å². The van der Waals surface area contributed by atoms with Crippen LogP contribution >= 0.6 is 35.6 Å². The lowest BCUT2D eigenvalue weighted by atomic mass is 10.3. The lowest BCUT2D eigenvalue weighted by Crippen LogP contribution is -2.29. The number of halogens is 3. The summed E-state index contributed by atoms with van der Waals surface area (Å²) >= 11 is 11.5. The van der Waals surface area contributed by atoms with Crippen LogP contribution in [-0.4, -0.2) is 21.0 Å². The first-order valence-electron chi connectivity index (χ1n) is 5.03. The first kappa shape index (κ1) is 18.0. The Bertz CT molecular complexity index is 492. The smallest absolute Gasteiger partial charge is 0.242 e. The summed E-state index contributed by atoms with van der Waals surface area (Å²) in [6.07, 6.45) is 0.560. The van der Waals surface area contributed by atoms with Crippen molar-refractivity contribution >= 4 is 45.6 Å². The van der Waals surface area contributed by atoms with Crippen LogP contribution in [0.25, 0.3) is 0 Å². The van der Waals surface area contributed by atoms with Gasteiger partial charge in [-0.2, -0.15) is 0 Å². The number of nitrogens with two attached hydrogens (primary N) is 1. The van der Waals surface area contributed by atoms with E-state index in [1.165, 1.54) is 18.2 Å². The Morgan fingerprint density at radius 3 is 2.50 bits per heavy atom.